The fraction of sp³-hybridized carbons (Fsp3) is 0.375. The molecule has 1 rings (SSSR count). The summed E-state index contributed by atoms with van der Waals surface area (Å²) < 4.78 is 4.86. The highest BCUT2D eigenvalue weighted by Gasteiger charge is 1.91. The van der Waals surface area contributed by atoms with Crippen LogP contribution < -0.4 is 0 Å². The number of hydrogen-bond donors (Lipinski definition) is 0. The Hall–Kier alpha value is -1.05. The minimum Gasteiger partial charge on any atom is -0.459 e. The molecule has 0 aliphatic heterocycles. The molecule has 0 N–H and O–H groups in total. The standard InChI is InChI=1S/C6H6O2.C2H6/c1-5-2-3-6(4-7)8-5;1-2/h2-4H,1H3;1-2H3. The van der Waals surface area contributed by atoms with Crippen molar-refractivity contribution in [3.63, 3.8) is 0 Å². The smallest absolute Gasteiger partial charge is 0.185 e. The molecular formula is C8H12O2. The van der Waals surface area contributed by atoms with E-state index in [2.05, 4.69) is 0 Å². The summed E-state index contributed by atoms with van der Waals surface area (Å²) in [6.07, 6.45) is 0.688. The molecule has 0 saturated heterocycles. The van der Waals surface area contributed by atoms with E-state index in [0.717, 1.165) is 5.76 Å². The molecule has 0 aliphatic rings. The van der Waals surface area contributed by atoms with Crippen LogP contribution in [-0.4, -0.2) is 6.29 Å². The highest BCUT2D eigenvalue weighted by Crippen LogP contribution is 2.01. The van der Waals surface area contributed by atoms with Gasteiger partial charge >= 0.3 is 0 Å². The zero-order valence-corrected chi connectivity index (χ0v) is 6.55. The highest BCUT2D eigenvalue weighted by molar-refractivity contribution is 5.70. The van der Waals surface area contributed by atoms with Gasteiger partial charge in [-0.05, 0) is 19.1 Å². The second kappa shape index (κ2) is 4.79. The number of carbonyl (C=O) groups excluding carboxylic acids is 1. The van der Waals surface area contributed by atoms with Gasteiger partial charge in [-0.15, -0.1) is 0 Å². The summed E-state index contributed by atoms with van der Waals surface area (Å²) in [5, 5.41) is 0. The molecule has 0 saturated carbocycles. The lowest BCUT2D eigenvalue weighted by molar-refractivity contribution is 0.109. The van der Waals surface area contributed by atoms with Crippen molar-refractivity contribution in [2.75, 3.05) is 0 Å². The summed E-state index contributed by atoms with van der Waals surface area (Å²) in [6, 6.07) is 3.39. The first-order valence-corrected chi connectivity index (χ1v) is 3.34. The first kappa shape index (κ1) is 8.95. The summed E-state index contributed by atoms with van der Waals surface area (Å²) in [4.78, 5) is 9.93. The fourth-order valence-corrected chi connectivity index (χ4v) is 0.517. The number of rotatable bonds is 1. The monoisotopic (exact) mass is 140 g/mol. The van der Waals surface area contributed by atoms with Crippen LogP contribution in [-0.2, 0) is 0 Å². The quantitative estimate of drug-likeness (QED) is 0.561. The predicted molar refractivity (Wildman–Crippen MR) is 40.2 cm³/mol. The van der Waals surface area contributed by atoms with Gasteiger partial charge in [-0.3, -0.25) is 4.79 Å². The van der Waals surface area contributed by atoms with E-state index in [-0.39, 0.29) is 0 Å². The number of furan rings is 1. The topological polar surface area (TPSA) is 30.2 Å². The van der Waals surface area contributed by atoms with E-state index < -0.39 is 0 Å². The number of hydrogen-bond acceptors (Lipinski definition) is 2. The molecule has 0 fully saturated rings. The Morgan fingerprint density at radius 3 is 2.20 bits per heavy atom. The maximum atomic E-state index is 9.93. The Morgan fingerprint density at radius 2 is 2.00 bits per heavy atom. The number of aryl methyl sites for hydroxylation is 1. The van der Waals surface area contributed by atoms with Crippen molar-refractivity contribution in [3.8, 4) is 0 Å². The zero-order valence-electron chi connectivity index (χ0n) is 6.55. The van der Waals surface area contributed by atoms with Crippen LogP contribution in [0.1, 0.15) is 30.2 Å². The van der Waals surface area contributed by atoms with Gasteiger partial charge in [0.15, 0.2) is 12.0 Å². The van der Waals surface area contributed by atoms with Crippen LogP contribution >= 0.6 is 0 Å². The Bertz CT molecular complexity index is 189. The predicted octanol–water partition coefficient (Wildman–Crippen LogP) is 2.43. The van der Waals surface area contributed by atoms with E-state index in [0.29, 0.717) is 12.0 Å². The van der Waals surface area contributed by atoms with Crippen molar-refractivity contribution in [1.29, 1.82) is 0 Å². The summed E-state index contributed by atoms with van der Waals surface area (Å²) in [5.41, 5.74) is 0. The van der Waals surface area contributed by atoms with Gasteiger partial charge in [0.1, 0.15) is 5.76 Å². The van der Waals surface area contributed by atoms with E-state index in [1.54, 1.807) is 19.1 Å². The molecule has 0 aromatic carbocycles. The second-order valence-electron chi connectivity index (χ2n) is 1.57. The van der Waals surface area contributed by atoms with E-state index >= 15 is 0 Å². The maximum Gasteiger partial charge on any atom is 0.185 e. The SMILES string of the molecule is CC.Cc1ccc(C=O)o1. The molecule has 0 radical (unpaired) electrons. The first-order chi connectivity index (χ1) is 4.83. The maximum absolute atomic E-state index is 9.93. The average molecular weight is 140 g/mol. The lowest BCUT2D eigenvalue weighted by atomic mass is 10.5. The minimum atomic E-state index is 0.391. The van der Waals surface area contributed by atoms with Crippen molar-refractivity contribution < 1.29 is 9.21 Å². The molecule has 1 aromatic heterocycles. The van der Waals surface area contributed by atoms with Crippen molar-refractivity contribution in [3.05, 3.63) is 23.7 Å². The molecule has 56 valence electrons. The highest BCUT2D eigenvalue weighted by atomic mass is 16.3. The third-order valence-corrected chi connectivity index (χ3v) is 0.877. The van der Waals surface area contributed by atoms with E-state index in [9.17, 15) is 4.79 Å². The minimum absolute atomic E-state index is 0.391. The Balaban J connectivity index is 0.000000371. The van der Waals surface area contributed by atoms with Crippen LogP contribution in [0.3, 0.4) is 0 Å². The van der Waals surface area contributed by atoms with Gasteiger partial charge in [-0.2, -0.15) is 0 Å². The van der Waals surface area contributed by atoms with Crippen molar-refractivity contribution in [1.82, 2.24) is 0 Å². The van der Waals surface area contributed by atoms with Crippen LogP contribution in [0.15, 0.2) is 16.5 Å². The summed E-state index contributed by atoms with van der Waals surface area (Å²) in [7, 11) is 0. The molecule has 0 unspecified atom stereocenters. The molecular weight excluding hydrogens is 128 g/mol. The van der Waals surface area contributed by atoms with Gasteiger partial charge in [0.25, 0.3) is 0 Å². The van der Waals surface area contributed by atoms with Gasteiger partial charge in [0.05, 0.1) is 0 Å². The Labute approximate surface area is 60.9 Å². The van der Waals surface area contributed by atoms with Gasteiger partial charge in [-0.1, -0.05) is 13.8 Å². The molecule has 2 nitrogen and oxygen atoms in total. The van der Waals surface area contributed by atoms with Gasteiger partial charge in [0, 0.05) is 0 Å². The molecule has 2 heteroatoms. The average Bonchev–Trinajstić information content (AvgIpc) is 2.40. The van der Waals surface area contributed by atoms with E-state index in [1.165, 1.54) is 0 Å². The van der Waals surface area contributed by atoms with E-state index in [1.807, 2.05) is 13.8 Å². The van der Waals surface area contributed by atoms with Crippen molar-refractivity contribution in [2.24, 2.45) is 0 Å². The third kappa shape index (κ3) is 2.49. The van der Waals surface area contributed by atoms with Crippen LogP contribution in [0.2, 0.25) is 0 Å². The van der Waals surface area contributed by atoms with Crippen molar-refractivity contribution >= 4 is 6.29 Å². The molecule has 0 spiro atoms. The second-order valence-corrected chi connectivity index (χ2v) is 1.57. The van der Waals surface area contributed by atoms with E-state index in [4.69, 9.17) is 4.42 Å². The lowest BCUT2D eigenvalue weighted by Gasteiger charge is -1.75. The van der Waals surface area contributed by atoms with Gasteiger partial charge in [-0.25, -0.2) is 0 Å². The normalized spacial score (nSPS) is 7.90. The zero-order chi connectivity index (χ0) is 7.98. The number of carbonyl (C=O) groups is 1. The Kier molecular flexibility index (Phi) is 4.29. The van der Waals surface area contributed by atoms with Crippen LogP contribution in [0, 0.1) is 6.92 Å². The molecule has 1 aromatic rings. The molecule has 1 heterocycles. The van der Waals surface area contributed by atoms with Crippen LogP contribution in [0.4, 0.5) is 0 Å². The lowest BCUT2D eigenvalue weighted by Crippen LogP contribution is -1.66. The molecule has 0 aliphatic carbocycles. The summed E-state index contributed by atoms with van der Waals surface area (Å²) in [5.74, 6) is 1.16. The Morgan fingerprint density at radius 1 is 1.40 bits per heavy atom. The molecule has 10 heavy (non-hydrogen) atoms. The largest absolute Gasteiger partial charge is 0.459 e. The fourth-order valence-electron chi connectivity index (χ4n) is 0.517. The summed E-state index contributed by atoms with van der Waals surface area (Å²) >= 11 is 0. The molecule has 0 atom stereocenters. The van der Waals surface area contributed by atoms with Gasteiger partial charge in [0.2, 0.25) is 0 Å². The third-order valence-electron chi connectivity index (χ3n) is 0.877. The van der Waals surface area contributed by atoms with Gasteiger partial charge < -0.3 is 4.42 Å². The van der Waals surface area contributed by atoms with Crippen molar-refractivity contribution in [2.45, 2.75) is 20.8 Å². The summed E-state index contributed by atoms with van der Waals surface area (Å²) in [6.45, 7) is 5.80. The van der Waals surface area contributed by atoms with Crippen LogP contribution in [0.25, 0.3) is 0 Å². The first-order valence-electron chi connectivity index (χ1n) is 3.34. The molecule has 0 bridgehead atoms. The molecule has 0 amide bonds. The number of aldehydes is 1. The van der Waals surface area contributed by atoms with Crippen LogP contribution in [0.5, 0.6) is 0 Å².